The first kappa shape index (κ1) is 78.3. The van der Waals surface area contributed by atoms with Gasteiger partial charge in [-0.2, -0.15) is 0 Å². The fourth-order valence-corrected chi connectivity index (χ4v) is 20.7. The molecular formula is C76H114N14O9S4. The Morgan fingerprint density at radius 1 is 0.631 bits per heavy atom. The van der Waals surface area contributed by atoms with E-state index < -0.39 is 35.1 Å². The second-order valence-electron chi connectivity index (χ2n) is 30.5. The zero-order valence-corrected chi connectivity index (χ0v) is 65.3. The number of allylic oxidation sites excluding steroid dienone is 5. The molecular weight excluding hydrogens is 1380 g/mol. The number of nitrogens with zero attached hydrogens (tertiary/aromatic N) is 9. The molecule has 5 saturated heterocycles. The number of fused-ring (bicyclic) bond motifs is 6. The number of aliphatic hydroxyl groups is 1. The maximum absolute atomic E-state index is 14.2. The monoisotopic (exact) mass is 1490 g/mol. The quantitative estimate of drug-likeness (QED) is 0.0174. The molecule has 0 spiro atoms. The van der Waals surface area contributed by atoms with Gasteiger partial charge in [0.1, 0.15) is 28.0 Å². The Kier molecular flexibility index (Phi) is 28.3. The van der Waals surface area contributed by atoms with E-state index in [1.54, 1.807) is 19.1 Å². The molecule has 0 radical (unpaired) electrons. The Balaban J connectivity index is 0.574. The number of hydrogen-bond acceptors (Lipinski definition) is 25. The summed E-state index contributed by atoms with van der Waals surface area (Å²) in [6.45, 7) is 23.3. The lowest BCUT2D eigenvalue weighted by Gasteiger charge is -2.42. The van der Waals surface area contributed by atoms with Gasteiger partial charge in [0, 0.05) is 167 Å². The van der Waals surface area contributed by atoms with Gasteiger partial charge in [0.05, 0.1) is 23.1 Å². The highest BCUT2D eigenvalue weighted by Gasteiger charge is 2.41. The molecule has 2 bridgehead atoms. The fourth-order valence-electron chi connectivity index (χ4n) is 16.0. The van der Waals surface area contributed by atoms with Gasteiger partial charge in [0.15, 0.2) is 29.6 Å². The highest BCUT2D eigenvalue weighted by Crippen LogP contribution is 2.36. The topological polar surface area (TPSA) is 275 Å². The van der Waals surface area contributed by atoms with Crippen molar-refractivity contribution in [2.45, 2.75) is 241 Å². The number of nitrogens with one attached hydrogen (secondary N) is 5. The first-order chi connectivity index (χ1) is 49.6. The average Bonchev–Trinajstić information content (AvgIpc) is 1.29. The molecule has 5 unspecified atom stereocenters. The summed E-state index contributed by atoms with van der Waals surface area (Å²) in [5.41, 5.74) is 1.79. The number of thioether (sulfide) groups is 4. The Morgan fingerprint density at radius 3 is 1.69 bits per heavy atom. The van der Waals surface area contributed by atoms with Crippen molar-refractivity contribution in [1.82, 2.24) is 51.1 Å². The Hall–Kier alpha value is -5.77. The number of Topliss-reactive ketones (excluding diaryl/α,β-unsaturated/α-hetero) is 2. The number of guanidine groups is 4. The van der Waals surface area contributed by atoms with Crippen LogP contribution in [0.4, 0.5) is 0 Å². The van der Waals surface area contributed by atoms with E-state index >= 15 is 0 Å². The van der Waals surface area contributed by atoms with Crippen LogP contribution in [0.2, 0.25) is 0 Å². The second-order valence-corrected chi connectivity index (χ2v) is 35.4. The summed E-state index contributed by atoms with van der Waals surface area (Å²) in [4.78, 5) is 126. The largest absolute Gasteiger partial charge is 0.457 e. The van der Waals surface area contributed by atoms with Gasteiger partial charge < -0.3 is 56.0 Å². The van der Waals surface area contributed by atoms with E-state index in [9.17, 15) is 38.7 Å². The summed E-state index contributed by atoms with van der Waals surface area (Å²) in [7, 11) is 0. The number of ketones is 3. The summed E-state index contributed by atoms with van der Waals surface area (Å²) in [6, 6.07) is 1.74. The van der Waals surface area contributed by atoms with Gasteiger partial charge >= 0.3 is 5.97 Å². The van der Waals surface area contributed by atoms with Gasteiger partial charge in [0.25, 0.3) is 5.91 Å². The number of imide groups is 1. The molecule has 11 rings (SSSR count). The van der Waals surface area contributed by atoms with E-state index in [1.165, 1.54) is 36.1 Å². The highest BCUT2D eigenvalue weighted by molar-refractivity contribution is 8.01. The van der Waals surface area contributed by atoms with Gasteiger partial charge in [0.2, 0.25) is 17.6 Å². The van der Waals surface area contributed by atoms with E-state index in [2.05, 4.69) is 53.1 Å². The van der Waals surface area contributed by atoms with Crippen LogP contribution in [0.1, 0.15) is 177 Å². The summed E-state index contributed by atoms with van der Waals surface area (Å²) < 4.78 is 5.72. The van der Waals surface area contributed by atoms with Crippen LogP contribution in [0.25, 0.3) is 0 Å². The lowest BCUT2D eigenvalue weighted by atomic mass is 9.80. The number of likely N-dealkylation sites (tertiary alicyclic amines) is 1. The predicted molar refractivity (Wildman–Crippen MR) is 416 cm³/mol. The number of rotatable bonds is 24. The standard InChI is InChI=1S/C76H114N14O9S4/c1-9-53-20-29-86-30-22-55(78-73(86)77-53)43-101-65-26-35-88-32-24-57(80-75(88)84-65)45-103-66-27-36-89-33-23-56(81-76(89)85-66)44-102-64-25-34-87-31-21-54(79-74(87)83-64)42-100-63-41-67(94)90(72(63)98)28-14-18-58(92)17-11-10-12-19-59-60-38-46(2)37-49(5)68(95)50(6)39-51(7)70(99-52(8)91)47(3)15-13-16-48(4)71(97)82-61(69(60)96)40-62(59)93/h13,15-16,39-40,46-47,49-50,53-57,63-66,68,70,95H,9-12,14,17-38,41-45H2,1-8H3,(H,77,78)(H,79,83)(H,80,84)(H,81,85)(H,82,97)/b15-13-,48-16+,51-39+/t46-,47-,49-,50-,53?,54+,55+,56+,57+,63?,64?,65?,66?,68-,70+/m0/s1. The van der Waals surface area contributed by atoms with Gasteiger partial charge in [-0.25, -0.2) is 20.0 Å². The van der Waals surface area contributed by atoms with Crippen molar-refractivity contribution in [3.63, 3.8) is 0 Å². The van der Waals surface area contributed by atoms with E-state index in [0.29, 0.717) is 91.6 Å². The molecule has 0 aromatic rings. The molecule has 5 fully saturated rings. The Morgan fingerprint density at radius 2 is 1.15 bits per heavy atom. The normalized spacial score (nSPS) is 33.1. The van der Waals surface area contributed by atoms with Gasteiger partial charge in [-0.1, -0.05) is 65.3 Å². The van der Waals surface area contributed by atoms with E-state index in [4.69, 9.17) is 24.7 Å². The molecule has 6 N–H and O–H groups in total. The van der Waals surface area contributed by atoms with Crippen LogP contribution in [-0.2, 0) is 38.3 Å². The maximum Gasteiger partial charge on any atom is 0.303 e. The molecule has 27 heteroatoms. The lowest BCUT2D eigenvalue weighted by molar-refractivity contribution is -0.146. The van der Waals surface area contributed by atoms with Gasteiger partial charge in [-0.15, -0.1) is 47.0 Å². The van der Waals surface area contributed by atoms with Crippen LogP contribution < -0.4 is 26.6 Å². The number of carbonyl (C=O) groups excluding carboxylic acids is 7. The average molecular weight is 1500 g/mol. The van der Waals surface area contributed by atoms with Crippen LogP contribution in [0.3, 0.4) is 0 Å². The Bertz CT molecular complexity index is 3390. The zero-order valence-electron chi connectivity index (χ0n) is 62.0. The number of aliphatic hydroxyl groups excluding tert-OH is 1. The zero-order chi connectivity index (χ0) is 72.8. The fraction of sp³-hybridized carbons (Fsp3) is 0.724. The van der Waals surface area contributed by atoms with Crippen molar-refractivity contribution in [3.8, 4) is 0 Å². The molecule has 23 nitrogen and oxygen atoms in total. The third kappa shape index (κ3) is 21.3. The molecule has 566 valence electrons. The van der Waals surface area contributed by atoms with Crippen molar-refractivity contribution in [2.75, 3.05) is 81.9 Å². The molecule has 0 aromatic carbocycles. The number of carbonyl (C=O) groups is 7. The second kappa shape index (κ2) is 37.2. The predicted octanol–water partition coefficient (Wildman–Crippen LogP) is 8.33. The minimum absolute atomic E-state index is 0.0461. The molecule has 3 amide bonds. The molecule has 11 aliphatic rings. The van der Waals surface area contributed by atoms with E-state index in [0.717, 1.165) is 150 Å². The summed E-state index contributed by atoms with van der Waals surface area (Å²) in [6.07, 6.45) is 20.7. The molecule has 15 atom stereocenters. The van der Waals surface area contributed by atoms with E-state index in [-0.39, 0.29) is 101 Å². The minimum Gasteiger partial charge on any atom is -0.457 e. The van der Waals surface area contributed by atoms with Crippen molar-refractivity contribution >= 4 is 112 Å². The number of esters is 1. The first-order valence-electron chi connectivity index (χ1n) is 38.5. The molecule has 10 heterocycles. The van der Waals surface area contributed by atoms with Crippen LogP contribution in [0.15, 0.2) is 78.3 Å². The molecule has 10 aliphatic heterocycles. The van der Waals surface area contributed by atoms with Crippen LogP contribution in [-0.4, -0.2) is 240 Å². The molecule has 1 aliphatic carbocycles. The van der Waals surface area contributed by atoms with Crippen LogP contribution in [0.5, 0.6) is 0 Å². The van der Waals surface area contributed by atoms with Crippen molar-refractivity contribution in [3.05, 3.63) is 58.4 Å². The van der Waals surface area contributed by atoms with Crippen molar-refractivity contribution in [2.24, 2.45) is 43.6 Å². The van der Waals surface area contributed by atoms with E-state index in [1.807, 2.05) is 82.1 Å². The molecule has 0 aromatic heterocycles. The first-order valence-corrected chi connectivity index (χ1v) is 42.7. The summed E-state index contributed by atoms with van der Waals surface area (Å²) >= 11 is 7.45. The number of aliphatic imine (C=N–C) groups is 4. The minimum atomic E-state index is -0.740. The molecule has 0 saturated carbocycles. The number of amides is 3. The van der Waals surface area contributed by atoms with Gasteiger partial charge in [-0.3, -0.25) is 38.5 Å². The van der Waals surface area contributed by atoms with Gasteiger partial charge in [-0.05, 0) is 128 Å². The Labute approximate surface area is 627 Å². The third-order valence-electron chi connectivity index (χ3n) is 22.2. The summed E-state index contributed by atoms with van der Waals surface area (Å²) in [5, 5.41) is 29.6. The SMILES string of the molecule is CCC1CCN2CC[C@H](CSC3CCN4CC[C@H](CSC5CCN6CC[C@H](CSC7CCN8CC[C@H](CSC9CC(=O)N(CCCC(=O)CCCCCC%10=C%11C[C@@H](C)C[C@H](C)[C@H](O)[C@@H](C)/C=C(\C)[C@H](OC(C)=O)[C@@H](C)/C=C\C=C(/C)C(=O)NC(=CC%10=O)C%11=O)C9=O)NC8=N7)NC6=N5)NC4=N3)NC2=N1. The van der Waals surface area contributed by atoms with Crippen LogP contribution >= 0.6 is 47.0 Å². The smallest absolute Gasteiger partial charge is 0.303 e. The summed E-state index contributed by atoms with van der Waals surface area (Å²) in [5.74, 6) is 5.03. The lowest BCUT2D eigenvalue weighted by Crippen LogP contribution is -2.57. The molecule has 103 heavy (non-hydrogen) atoms. The number of ether oxygens (including phenoxy) is 1. The number of unbranched alkanes of at least 4 members (excludes halogenated alkanes) is 2. The number of hydrogen-bond donors (Lipinski definition) is 6. The van der Waals surface area contributed by atoms with Crippen molar-refractivity contribution in [1.29, 1.82) is 0 Å². The highest BCUT2D eigenvalue weighted by atomic mass is 32.2. The third-order valence-corrected chi connectivity index (χ3v) is 27.5. The maximum atomic E-state index is 14.2. The van der Waals surface area contributed by atoms with Crippen LogP contribution in [0, 0.1) is 23.7 Å². The van der Waals surface area contributed by atoms with Crippen molar-refractivity contribution < 1.29 is 43.4 Å².